The van der Waals surface area contributed by atoms with Gasteiger partial charge in [-0.2, -0.15) is 0 Å². The van der Waals surface area contributed by atoms with Gasteiger partial charge in [0.1, 0.15) is 0 Å². The fourth-order valence-corrected chi connectivity index (χ4v) is 3.65. The largest absolute Gasteiger partial charge is 0.367 e. The Morgan fingerprint density at radius 3 is 2.25 bits per heavy atom. The van der Waals surface area contributed by atoms with Crippen molar-refractivity contribution in [1.29, 1.82) is 0 Å². The number of nitrogens with zero attached hydrogens (tertiary/aromatic N) is 1. The van der Waals surface area contributed by atoms with E-state index in [-0.39, 0.29) is 16.9 Å². The molecule has 0 saturated carbocycles. The Kier molecular flexibility index (Phi) is 5.91. The standard InChI is InChI=1S/C16H23ClN2O4S/c1-16(2,3)15(20)23-19-10-8-13(9-11-19)18-24(21,22)14-6-4-12(17)5-7-14/h4-7,13,18H,8-11H2,1-3H3. The number of hydroxylamine groups is 2. The van der Waals surface area contributed by atoms with Crippen LogP contribution in [0.5, 0.6) is 0 Å². The smallest absolute Gasteiger partial charge is 0.330 e. The lowest BCUT2D eigenvalue weighted by molar-refractivity contribution is -0.204. The molecule has 0 radical (unpaired) electrons. The third-order valence-electron chi connectivity index (χ3n) is 3.72. The van der Waals surface area contributed by atoms with Crippen molar-refractivity contribution in [3.05, 3.63) is 29.3 Å². The molecule has 1 aromatic carbocycles. The molecule has 0 amide bonds. The quantitative estimate of drug-likeness (QED) is 0.876. The number of halogens is 1. The molecule has 1 aliphatic rings. The highest BCUT2D eigenvalue weighted by molar-refractivity contribution is 7.89. The summed E-state index contributed by atoms with van der Waals surface area (Å²) in [7, 11) is -3.58. The van der Waals surface area contributed by atoms with Gasteiger partial charge in [-0.25, -0.2) is 17.9 Å². The fourth-order valence-electron chi connectivity index (χ4n) is 2.22. The van der Waals surface area contributed by atoms with E-state index in [1.165, 1.54) is 12.1 Å². The van der Waals surface area contributed by atoms with E-state index in [0.717, 1.165) is 0 Å². The highest BCUT2D eigenvalue weighted by Crippen LogP contribution is 2.20. The van der Waals surface area contributed by atoms with Crippen LogP contribution in [0.3, 0.4) is 0 Å². The van der Waals surface area contributed by atoms with E-state index >= 15 is 0 Å². The molecule has 24 heavy (non-hydrogen) atoms. The highest BCUT2D eigenvalue weighted by atomic mass is 35.5. The van der Waals surface area contributed by atoms with Crippen LogP contribution in [0.15, 0.2) is 29.2 Å². The Balaban J connectivity index is 1.89. The van der Waals surface area contributed by atoms with Crippen molar-refractivity contribution in [1.82, 2.24) is 9.79 Å². The molecule has 0 bridgehead atoms. The van der Waals surface area contributed by atoms with Crippen LogP contribution in [0.25, 0.3) is 0 Å². The van der Waals surface area contributed by atoms with Crippen molar-refractivity contribution in [2.45, 2.75) is 44.6 Å². The number of piperidine rings is 1. The van der Waals surface area contributed by atoms with Crippen molar-refractivity contribution >= 4 is 27.6 Å². The zero-order chi connectivity index (χ0) is 18.0. The molecule has 1 heterocycles. The lowest BCUT2D eigenvalue weighted by Gasteiger charge is -2.32. The van der Waals surface area contributed by atoms with E-state index < -0.39 is 15.4 Å². The molecule has 0 spiro atoms. The van der Waals surface area contributed by atoms with Crippen LogP contribution >= 0.6 is 11.6 Å². The van der Waals surface area contributed by atoms with E-state index in [9.17, 15) is 13.2 Å². The molecule has 8 heteroatoms. The lowest BCUT2D eigenvalue weighted by atomic mass is 9.98. The maximum atomic E-state index is 12.3. The van der Waals surface area contributed by atoms with Gasteiger partial charge in [0.2, 0.25) is 10.0 Å². The number of sulfonamides is 1. The van der Waals surface area contributed by atoms with Gasteiger partial charge in [0.05, 0.1) is 10.3 Å². The van der Waals surface area contributed by atoms with Crippen molar-refractivity contribution in [2.75, 3.05) is 13.1 Å². The second-order valence-electron chi connectivity index (χ2n) is 6.91. The van der Waals surface area contributed by atoms with Crippen LogP contribution < -0.4 is 4.72 Å². The summed E-state index contributed by atoms with van der Waals surface area (Å²) in [6.07, 6.45) is 1.15. The molecular formula is C16H23ClN2O4S. The van der Waals surface area contributed by atoms with Gasteiger partial charge in [-0.3, -0.25) is 0 Å². The molecule has 134 valence electrons. The fraction of sp³-hybridized carbons (Fsp3) is 0.562. The van der Waals surface area contributed by atoms with E-state index in [0.29, 0.717) is 31.0 Å². The summed E-state index contributed by atoms with van der Waals surface area (Å²) in [6, 6.07) is 5.86. The van der Waals surface area contributed by atoms with Crippen LogP contribution in [-0.2, 0) is 19.7 Å². The average molecular weight is 375 g/mol. The summed E-state index contributed by atoms with van der Waals surface area (Å²) in [5.74, 6) is -0.289. The zero-order valence-electron chi connectivity index (χ0n) is 14.1. The SMILES string of the molecule is CC(C)(C)C(=O)ON1CCC(NS(=O)(=O)c2ccc(Cl)cc2)CC1. The van der Waals surface area contributed by atoms with E-state index in [1.807, 2.05) is 0 Å². The topological polar surface area (TPSA) is 75.7 Å². The van der Waals surface area contributed by atoms with Gasteiger partial charge in [-0.05, 0) is 57.9 Å². The van der Waals surface area contributed by atoms with Crippen LogP contribution in [-0.4, -0.2) is 38.6 Å². The summed E-state index contributed by atoms with van der Waals surface area (Å²) in [5, 5.41) is 2.09. The van der Waals surface area contributed by atoms with Crippen LogP contribution in [0, 0.1) is 5.41 Å². The van der Waals surface area contributed by atoms with Gasteiger partial charge in [0, 0.05) is 24.2 Å². The first-order valence-electron chi connectivity index (χ1n) is 7.83. The minimum atomic E-state index is -3.58. The number of hydrogen-bond donors (Lipinski definition) is 1. The molecule has 0 atom stereocenters. The molecule has 2 rings (SSSR count). The Hall–Kier alpha value is -1.15. The van der Waals surface area contributed by atoms with Crippen LogP contribution in [0.1, 0.15) is 33.6 Å². The van der Waals surface area contributed by atoms with Gasteiger partial charge in [0.25, 0.3) is 0 Å². The first-order valence-corrected chi connectivity index (χ1v) is 9.69. The normalized spacial score (nSPS) is 17.7. The maximum Gasteiger partial charge on any atom is 0.330 e. The molecule has 0 aliphatic carbocycles. The number of nitrogens with one attached hydrogen (secondary N) is 1. The highest BCUT2D eigenvalue weighted by Gasteiger charge is 2.29. The van der Waals surface area contributed by atoms with E-state index in [4.69, 9.17) is 16.4 Å². The first-order chi connectivity index (χ1) is 11.1. The van der Waals surface area contributed by atoms with Crippen molar-refractivity contribution in [2.24, 2.45) is 5.41 Å². The van der Waals surface area contributed by atoms with Gasteiger partial charge in [0.15, 0.2) is 0 Å². The van der Waals surface area contributed by atoms with Gasteiger partial charge in [-0.15, -0.1) is 5.06 Å². The van der Waals surface area contributed by atoms with Gasteiger partial charge < -0.3 is 4.84 Å². The molecule has 0 aromatic heterocycles. The van der Waals surface area contributed by atoms with Gasteiger partial charge in [-0.1, -0.05) is 11.6 Å². The second kappa shape index (κ2) is 7.39. The molecule has 1 fully saturated rings. The van der Waals surface area contributed by atoms with Crippen molar-refractivity contribution < 1.29 is 18.0 Å². The summed E-state index contributed by atoms with van der Waals surface area (Å²) >= 11 is 5.78. The molecule has 6 nitrogen and oxygen atoms in total. The predicted molar refractivity (Wildman–Crippen MR) is 91.9 cm³/mol. The third kappa shape index (κ3) is 5.17. The summed E-state index contributed by atoms with van der Waals surface area (Å²) in [5.41, 5.74) is -0.562. The monoisotopic (exact) mass is 374 g/mol. The number of carbonyl (C=O) groups excluding carboxylic acids is 1. The van der Waals surface area contributed by atoms with E-state index in [1.54, 1.807) is 38.0 Å². The average Bonchev–Trinajstić information content (AvgIpc) is 2.48. The van der Waals surface area contributed by atoms with E-state index in [2.05, 4.69) is 4.72 Å². The Bertz CT molecular complexity index is 675. The minimum absolute atomic E-state index is 0.185. The Morgan fingerprint density at radius 1 is 1.21 bits per heavy atom. The molecule has 0 unspecified atom stereocenters. The number of benzene rings is 1. The molecule has 1 saturated heterocycles. The Morgan fingerprint density at radius 2 is 1.75 bits per heavy atom. The maximum absolute atomic E-state index is 12.3. The molecule has 1 aliphatic heterocycles. The number of hydrogen-bond acceptors (Lipinski definition) is 5. The van der Waals surface area contributed by atoms with Crippen molar-refractivity contribution in [3.63, 3.8) is 0 Å². The lowest BCUT2D eigenvalue weighted by Crippen LogP contribution is -2.46. The van der Waals surface area contributed by atoms with Crippen LogP contribution in [0.2, 0.25) is 5.02 Å². The number of rotatable bonds is 4. The minimum Gasteiger partial charge on any atom is -0.367 e. The summed E-state index contributed by atoms with van der Waals surface area (Å²) < 4.78 is 27.4. The van der Waals surface area contributed by atoms with Crippen LogP contribution in [0.4, 0.5) is 0 Å². The van der Waals surface area contributed by atoms with Crippen molar-refractivity contribution in [3.8, 4) is 0 Å². The molecular weight excluding hydrogens is 352 g/mol. The Labute approximate surface area is 148 Å². The molecule has 1 aromatic rings. The molecule has 1 N–H and O–H groups in total. The van der Waals surface area contributed by atoms with Gasteiger partial charge >= 0.3 is 5.97 Å². The summed E-state index contributed by atoms with van der Waals surface area (Å²) in [4.78, 5) is 17.4. The second-order valence-corrected chi connectivity index (χ2v) is 9.06. The zero-order valence-corrected chi connectivity index (χ0v) is 15.7. The first kappa shape index (κ1) is 19.2. The number of carbonyl (C=O) groups is 1. The predicted octanol–water partition coefficient (Wildman–Crippen LogP) is 2.59. The third-order valence-corrected chi connectivity index (χ3v) is 5.51. The summed E-state index contributed by atoms with van der Waals surface area (Å²) in [6.45, 7) is 6.37.